The second-order valence-electron chi connectivity index (χ2n) is 6.57. The fraction of sp³-hybridized carbons (Fsp3) is 0.444. The molecule has 0 aliphatic carbocycles. The highest BCUT2D eigenvalue weighted by Gasteiger charge is 2.23. The molecule has 0 bridgehead atoms. The third-order valence-electron chi connectivity index (χ3n) is 4.84. The second-order valence-corrected chi connectivity index (χ2v) is 6.57. The van der Waals surface area contributed by atoms with E-state index in [1.807, 2.05) is 32.3 Å². The summed E-state index contributed by atoms with van der Waals surface area (Å²) in [4.78, 5) is 15.4. The van der Waals surface area contributed by atoms with Crippen molar-refractivity contribution in [3.05, 3.63) is 36.4 Å². The number of aromatic nitrogens is 5. The minimum absolute atomic E-state index is 0.545. The molecule has 3 aromatic rings. The van der Waals surface area contributed by atoms with Gasteiger partial charge in [-0.2, -0.15) is 5.10 Å². The molecule has 1 fully saturated rings. The van der Waals surface area contributed by atoms with Gasteiger partial charge in [-0.1, -0.05) is 6.07 Å². The monoisotopic (exact) mass is 338 g/mol. The molecular weight excluding hydrogens is 316 g/mol. The zero-order valence-corrected chi connectivity index (χ0v) is 14.6. The molecular formula is C18H22N6O. The molecule has 7 heteroatoms. The Bertz CT molecular complexity index is 869. The lowest BCUT2D eigenvalue weighted by molar-refractivity contribution is 0.215. The number of rotatable bonds is 4. The number of nitrogens with zero attached hydrogens (tertiary/aromatic N) is 6. The van der Waals surface area contributed by atoms with Gasteiger partial charge in [-0.05, 0) is 31.7 Å². The first-order chi connectivity index (χ1) is 12.2. The van der Waals surface area contributed by atoms with Gasteiger partial charge in [0, 0.05) is 31.9 Å². The molecule has 1 aliphatic rings. The molecule has 0 radical (unpaired) electrons. The van der Waals surface area contributed by atoms with Crippen molar-refractivity contribution in [1.29, 1.82) is 0 Å². The Labute approximate surface area is 146 Å². The van der Waals surface area contributed by atoms with Crippen molar-refractivity contribution >= 4 is 16.9 Å². The van der Waals surface area contributed by atoms with Crippen LogP contribution in [0, 0.1) is 12.8 Å². The van der Waals surface area contributed by atoms with Gasteiger partial charge in [0.2, 0.25) is 5.88 Å². The highest BCUT2D eigenvalue weighted by molar-refractivity contribution is 5.86. The maximum absolute atomic E-state index is 5.92. The van der Waals surface area contributed by atoms with Crippen molar-refractivity contribution in [2.45, 2.75) is 19.8 Å². The van der Waals surface area contributed by atoms with Crippen LogP contribution in [0.3, 0.4) is 0 Å². The third kappa shape index (κ3) is 3.14. The first-order valence-electron chi connectivity index (χ1n) is 8.64. The molecule has 0 N–H and O–H groups in total. The standard InChI is InChI=1S/C18H22N6O/c1-13-4-3-7-19-18(13)25-11-14-5-8-24(9-6-14)17-15-10-22-23(2)16(15)20-12-21-17/h3-4,7,10,12,14H,5-6,8-9,11H2,1-2H3. The Kier molecular flexibility index (Phi) is 4.21. The van der Waals surface area contributed by atoms with Gasteiger partial charge >= 0.3 is 0 Å². The van der Waals surface area contributed by atoms with Crippen LogP contribution >= 0.6 is 0 Å². The quantitative estimate of drug-likeness (QED) is 0.727. The third-order valence-corrected chi connectivity index (χ3v) is 4.84. The molecule has 3 aromatic heterocycles. The van der Waals surface area contributed by atoms with E-state index in [4.69, 9.17) is 4.74 Å². The Hall–Kier alpha value is -2.70. The van der Waals surface area contributed by atoms with E-state index in [0.29, 0.717) is 5.92 Å². The van der Waals surface area contributed by atoms with Crippen LogP contribution in [0.2, 0.25) is 0 Å². The van der Waals surface area contributed by atoms with Gasteiger partial charge in [0.15, 0.2) is 5.65 Å². The lowest BCUT2D eigenvalue weighted by atomic mass is 9.97. The van der Waals surface area contributed by atoms with Crippen molar-refractivity contribution in [2.75, 3.05) is 24.6 Å². The normalized spacial score (nSPS) is 15.7. The predicted octanol–water partition coefficient (Wildman–Crippen LogP) is 2.36. The van der Waals surface area contributed by atoms with Gasteiger partial charge in [0.25, 0.3) is 0 Å². The van der Waals surface area contributed by atoms with Crippen molar-refractivity contribution in [3.63, 3.8) is 0 Å². The minimum Gasteiger partial charge on any atom is -0.477 e. The molecule has 130 valence electrons. The molecule has 4 rings (SSSR count). The molecule has 25 heavy (non-hydrogen) atoms. The van der Waals surface area contributed by atoms with E-state index in [9.17, 15) is 0 Å². The van der Waals surface area contributed by atoms with Crippen LogP contribution in [0.25, 0.3) is 11.0 Å². The zero-order valence-electron chi connectivity index (χ0n) is 14.6. The summed E-state index contributed by atoms with van der Waals surface area (Å²) >= 11 is 0. The number of pyridine rings is 1. The smallest absolute Gasteiger partial charge is 0.216 e. The summed E-state index contributed by atoms with van der Waals surface area (Å²) in [5.74, 6) is 2.28. The number of hydrogen-bond donors (Lipinski definition) is 0. The largest absolute Gasteiger partial charge is 0.477 e. The van der Waals surface area contributed by atoms with Crippen LogP contribution in [0.4, 0.5) is 5.82 Å². The topological polar surface area (TPSA) is 69.0 Å². The van der Waals surface area contributed by atoms with E-state index in [0.717, 1.165) is 60.8 Å². The van der Waals surface area contributed by atoms with Gasteiger partial charge in [-0.15, -0.1) is 0 Å². The Balaban J connectivity index is 1.39. The second kappa shape index (κ2) is 6.66. The summed E-state index contributed by atoms with van der Waals surface area (Å²) in [5.41, 5.74) is 1.96. The van der Waals surface area contributed by atoms with Crippen LogP contribution in [-0.2, 0) is 7.05 Å². The SMILES string of the molecule is Cc1cccnc1OCC1CCN(c2ncnc3c2cnn3C)CC1. The Morgan fingerprint density at radius 2 is 2.04 bits per heavy atom. The maximum Gasteiger partial charge on any atom is 0.216 e. The van der Waals surface area contributed by atoms with E-state index >= 15 is 0 Å². The van der Waals surface area contributed by atoms with E-state index < -0.39 is 0 Å². The number of anilines is 1. The molecule has 0 atom stereocenters. The molecule has 0 spiro atoms. The summed E-state index contributed by atoms with van der Waals surface area (Å²) in [5, 5.41) is 5.32. The van der Waals surface area contributed by atoms with Crippen LogP contribution in [0.15, 0.2) is 30.9 Å². The first-order valence-corrected chi connectivity index (χ1v) is 8.64. The summed E-state index contributed by atoms with van der Waals surface area (Å²) < 4.78 is 7.71. The zero-order chi connectivity index (χ0) is 17.2. The molecule has 0 amide bonds. The van der Waals surface area contributed by atoms with Crippen LogP contribution in [0.5, 0.6) is 5.88 Å². The number of piperidine rings is 1. The average Bonchev–Trinajstić information content (AvgIpc) is 3.03. The minimum atomic E-state index is 0.545. The number of hydrogen-bond acceptors (Lipinski definition) is 6. The first kappa shape index (κ1) is 15.8. The summed E-state index contributed by atoms with van der Waals surface area (Å²) in [6.45, 7) is 4.68. The molecule has 0 aromatic carbocycles. The number of ether oxygens (including phenoxy) is 1. The van der Waals surface area contributed by atoms with Gasteiger partial charge in [0.1, 0.15) is 12.1 Å². The molecule has 4 heterocycles. The molecule has 0 unspecified atom stereocenters. The van der Waals surface area contributed by atoms with Crippen molar-refractivity contribution < 1.29 is 4.74 Å². The lowest BCUT2D eigenvalue weighted by Crippen LogP contribution is -2.36. The summed E-state index contributed by atoms with van der Waals surface area (Å²) in [6.07, 6.45) is 7.41. The lowest BCUT2D eigenvalue weighted by Gasteiger charge is -2.32. The van der Waals surface area contributed by atoms with Gasteiger partial charge in [-0.3, -0.25) is 4.68 Å². The highest BCUT2D eigenvalue weighted by atomic mass is 16.5. The molecule has 1 aliphatic heterocycles. The van der Waals surface area contributed by atoms with Crippen molar-refractivity contribution in [2.24, 2.45) is 13.0 Å². The average molecular weight is 338 g/mol. The van der Waals surface area contributed by atoms with E-state index in [1.54, 1.807) is 17.2 Å². The maximum atomic E-state index is 5.92. The fourth-order valence-corrected chi connectivity index (χ4v) is 3.33. The van der Waals surface area contributed by atoms with Crippen molar-refractivity contribution in [1.82, 2.24) is 24.7 Å². The van der Waals surface area contributed by atoms with Crippen LogP contribution in [0.1, 0.15) is 18.4 Å². The van der Waals surface area contributed by atoms with Gasteiger partial charge in [-0.25, -0.2) is 15.0 Å². The van der Waals surface area contributed by atoms with Crippen LogP contribution in [-0.4, -0.2) is 44.4 Å². The summed E-state index contributed by atoms with van der Waals surface area (Å²) in [6, 6.07) is 3.96. The molecule has 0 saturated carbocycles. The van der Waals surface area contributed by atoms with E-state index in [-0.39, 0.29) is 0 Å². The van der Waals surface area contributed by atoms with Crippen molar-refractivity contribution in [3.8, 4) is 5.88 Å². The highest BCUT2D eigenvalue weighted by Crippen LogP contribution is 2.27. The fourth-order valence-electron chi connectivity index (χ4n) is 3.33. The van der Waals surface area contributed by atoms with Crippen LogP contribution < -0.4 is 9.64 Å². The Morgan fingerprint density at radius 1 is 1.20 bits per heavy atom. The number of fused-ring (bicyclic) bond motifs is 1. The van der Waals surface area contributed by atoms with E-state index in [2.05, 4.69) is 25.0 Å². The van der Waals surface area contributed by atoms with E-state index in [1.165, 1.54) is 0 Å². The predicted molar refractivity (Wildman–Crippen MR) is 95.7 cm³/mol. The van der Waals surface area contributed by atoms with Gasteiger partial charge < -0.3 is 9.64 Å². The number of aryl methyl sites for hydroxylation is 2. The summed E-state index contributed by atoms with van der Waals surface area (Å²) in [7, 11) is 1.91. The van der Waals surface area contributed by atoms with Gasteiger partial charge in [0.05, 0.1) is 18.2 Å². The Morgan fingerprint density at radius 3 is 2.84 bits per heavy atom. The molecule has 7 nitrogen and oxygen atoms in total. The molecule has 1 saturated heterocycles.